The Hall–Kier alpha value is -5.26. The van der Waals surface area contributed by atoms with Crippen LogP contribution in [0, 0.1) is 5.41 Å². The third kappa shape index (κ3) is 7.12. The highest BCUT2D eigenvalue weighted by Crippen LogP contribution is 2.65. The van der Waals surface area contributed by atoms with Crippen molar-refractivity contribution in [2.45, 2.75) is 84.0 Å². The molecule has 0 bridgehead atoms. The zero-order valence-corrected chi connectivity index (χ0v) is 34.2. The number of aromatic hydroxyl groups is 1. The van der Waals surface area contributed by atoms with Crippen LogP contribution in [0.3, 0.4) is 0 Å². The Morgan fingerprint density at radius 1 is 0.741 bits per heavy atom. The number of hydrogen-bond donors (Lipinski definition) is 1. The molecule has 0 atom stereocenters. The Morgan fingerprint density at radius 2 is 1.34 bits per heavy atom. The predicted octanol–water partition coefficient (Wildman–Crippen LogP) is 12.5. The molecule has 2 aliphatic carbocycles. The van der Waals surface area contributed by atoms with E-state index in [0.29, 0.717) is 18.4 Å². The lowest BCUT2D eigenvalue weighted by Gasteiger charge is -2.26. The molecule has 4 aromatic rings. The Labute approximate surface area is 334 Å². The fourth-order valence-electron chi connectivity index (χ4n) is 7.55. The maximum atomic E-state index is 16.8. The van der Waals surface area contributed by atoms with Crippen molar-refractivity contribution in [1.82, 2.24) is 0 Å². The number of allylic oxidation sites excluding steroid dienone is 7. The van der Waals surface area contributed by atoms with Crippen LogP contribution >= 0.6 is 0 Å². The van der Waals surface area contributed by atoms with Crippen LogP contribution < -0.4 is 18.9 Å². The summed E-state index contributed by atoms with van der Waals surface area (Å²) in [5, 5.41) is 10.7. The first kappa shape index (κ1) is 42.3. The van der Waals surface area contributed by atoms with Crippen molar-refractivity contribution in [3.05, 3.63) is 111 Å². The van der Waals surface area contributed by atoms with Crippen molar-refractivity contribution >= 4 is 22.1 Å². The molecule has 1 aromatic heterocycles. The summed E-state index contributed by atoms with van der Waals surface area (Å²) in [6.07, 6.45) is 5.56. The molecule has 0 spiro atoms. The zero-order valence-electron chi connectivity index (χ0n) is 34.2. The summed E-state index contributed by atoms with van der Waals surface area (Å²) < 4.78 is 126. The van der Waals surface area contributed by atoms with E-state index in [0.717, 1.165) is 24.3 Å². The number of phenols is 1. The first-order valence-electron chi connectivity index (χ1n) is 18.7. The summed E-state index contributed by atoms with van der Waals surface area (Å²) in [4.78, 5) is 0. The smallest absolute Gasteiger partial charge is 0.380 e. The SMILES string of the molecule is COc1cc(O)c(CC2=C(c3c(/C(=C/C4=CC=C(C(C)(C)C)CC4)c4ccc(C(C)(C)C)cc4)oc4cc(OC)cc(OC)c34)C(F)(F)C(F)(F)C2(F)F)c(OC)c1. The molecule has 58 heavy (non-hydrogen) atoms. The summed E-state index contributed by atoms with van der Waals surface area (Å²) in [7, 11) is 5.01. The van der Waals surface area contributed by atoms with Gasteiger partial charge in [0.2, 0.25) is 0 Å². The van der Waals surface area contributed by atoms with E-state index in [-0.39, 0.29) is 56.1 Å². The van der Waals surface area contributed by atoms with E-state index in [1.54, 1.807) is 18.2 Å². The average molecular weight is 811 g/mol. The second-order valence-corrected chi connectivity index (χ2v) is 16.7. The van der Waals surface area contributed by atoms with Gasteiger partial charge in [0.1, 0.15) is 40.1 Å². The minimum Gasteiger partial charge on any atom is -0.507 e. The molecule has 0 unspecified atom stereocenters. The van der Waals surface area contributed by atoms with Crippen LogP contribution in [0.1, 0.15) is 82.4 Å². The zero-order chi connectivity index (χ0) is 42.7. The number of halogens is 6. The molecule has 0 aliphatic heterocycles. The standard InChI is InChI=1S/C46H48F6O6/c1-42(2,3)27-15-11-25(12-16-27)19-31(26-13-17-28(18-14-26)43(4,5)6)41-39(38-36(57-10)22-30(55-8)23-37(38)58-41)40-33(44(47,48)46(51,52)45(40,49)50)24-32-34(53)20-29(54-7)21-35(32)56-9/h11,13-15,17-23,53H,12,16,24H2,1-10H3/b31-19+. The Kier molecular flexibility index (Phi) is 10.8. The number of alkyl halides is 6. The van der Waals surface area contributed by atoms with Gasteiger partial charge >= 0.3 is 17.8 Å². The molecule has 0 radical (unpaired) electrons. The Bertz CT molecular complexity index is 2370. The highest BCUT2D eigenvalue weighted by atomic mass is 19.3. The Balaban J connectivity index is 1.77. The van der Waals surface area contributed by atoms with E-state index >= 15 is 26.3 Å². The number of methoxy groups -OCH3 is 4. The lowest BCUT2D eigenvalue weighted by atomic mass is 9.80. The van der Waals surface area contributed by atoms with Gasteiger partial charge in [-0.05, 0) is 46.4 Å². The monoisotopic (exact) mass is 810 g/mol. The van der Waals surface area contributed by atoms with Crippen LogP contribution in [-0.4, -0.2) is 51.3 Å². The normalized spacial score (nSPS) is 18.0. The van der Waals surface area contributed by atoms with Gasteiger partial charge in [-0.25, -0.2) is 0 Å². The lowest BCUT2D eigenvalue weighted by Crippen LogP contribution is -2.49. The maximum absolute atomic E-state index is 16.8. The van der Waals surface area contributed by atoms with Gasteiger partial charge in [0, 0.05) is 58.5 Å². The molecular weight excluding hydrogens is 762 g/mol. The lowest BCUT2D eigenvalue weighted by molar-refractivity contribution is -0.260. The fraction of sp³-hybridized carbons (Fsp3) is 0.391. The second-order valence-electron chi connectivity index (χ2n) is 16.7. The summed E-state index contributed by atoms with van der Waals surface area (Å²) in [6, 6.07) is 12.2. The van der Waals surface area contributed by atoms with E-state index < -0.39 is 52.2 Å². The number of phenolic OH excluding ortho intramolecular Hbond substituents is 1. The molecule has 0 amide bonds. The predicted molar refractivity (Wildman–Crippen MR) is 213 cm³/mol. The van der Waals surface area contributed by atoms with Gasteiger partial charge in [-0.2, -0.15) is 26.3 Å². The van der Waals surface area contributed by atoms with Crippen LogP contribution in [0.25, 0.3) is 22.1 Å². The molecule has 6 rings (SSSR count). The molecule has 1 N–H and O–H groups in total. The topological polar surface area (TPSA) is 70.3 Å². The fourth-order valence-corrected chi connectivity index (χ4v) is 7.55. The molecule has 0 saturated heterocycles. The van der Waals surface area contributed by atoms with Crippen LogP contribution in [-0.2, 0) is 11.8 Å². The van der Waals surface area contributed by atoms with Gasteiger partial charge < -0.3 is 28.5 Å². The van der Waals surface area contributed by atoms with Crippen molar-refractivity contribution in [2.75, 3.05) is 28.4 Å². The number of hydrogen-bond acceptors (Lipinski definition) is 6. The summed E-state index contributed by atoms with van der Waals surface area (Å²) >= 11 is 0. The van der Waals surface area contributed by atoms with Gasteiger partial charge in [-0.15, -0.1) is 0 Å². The van der Waals surface area contributed by atoms with Gasteiger partial charge in [-0.1, -0.05) is 83.5 Å². The van der Waals surface area contributed by atoms with Crippen LogP contribution in [0.4, 0.5) is 26.3 Å². The van der Waals surface area contributed by atoms with Gasteiger partial charge in [0.05, 0.1) is 33.8 Å². The van der Waals surface area contributed by atoms with E-state index in [9.17, 15) is 5.11 Å². The number of benzene rings is 3. The highest BCUT2D eigenvalue weighted by Gasteiger charge is 2.80. The number of rotatable bonds is 10. The number of fused-ring (bicyclic) bond motifs is 1. The first-order chi connectivity index (χ1) is 27.0. The molecular formula is C46H48F6O6. The van der Waals surface area contributed by atoms with Gasteiger partial charge in [0.15, 0.2) is 0 Å². The van der Waals surface area contributed by atoms with Gasteiger partial charge in [0.25, 0.3) is 0 Å². The van der Waals surface area contributed by atoms with Crippen molar-refractivity contribution in [2.24, 2.45) is 5.41 Å². The van der Waals surface area contributed by atoms with Crippen molar-refractivity contribution in [3.8, 4) is 28.7 Å². The molecule has 2 aliphatic rings. The van der Waals surface area contributed by atoms with E-state index in [1.165, 1.54) is 45.1 Å². The van der Waals surface area contributed by atoms with Crippen LogP contribution in [0.2, 0.25) is 0 Å². The third-order valence-corrected chi connectivity index (χ3v) is 11.0. The molecule has 3 aromatic carbocycles. The number of ether oxygens (including phenoxy) is 4. The van der Waals surface area contributed by atoms with Gasteiger partial charge in [-0.3, -0.25) is 0 Å². The molecule has 6 nitrogen and oxygen atoms in total. The third-order valence-electron chi connectivity index (χ3n) is 11.0. The minimum absolute atomic E-state index is 0.0525. The highest BCUT2D eigenvalue weighted by molar-refractivity contribution is 6.05. The molecule has 0 fully saturated rings. The average Bonchev–Trinajstić information content (AvgIpc) is 3.58. The summed E-state index contributed by atoms with van der Waals surface area (Å²) in [6.45, 7) is 12.4. The van der Waals surface area contributed by atoms with E-state index in [1.807, 2.05) is 45.1 Å². The molecule has 12 heteroatoms. The summed E-state index contributed by atoms with van der Waals surface area (Å²) in [5.74, 6) is -18.1. The number of furan rings is 1. The molecule has 310 valence electrons. The second kappa shape index (κ2) is 14.8. The van der Waals surface area contributed by atoms with Crippen LogP contribution in [0.5, 0.6) is 28.7 Å². The van der Waals surface area contributed by atoms with Crippen LogP contribution in [0.15, 0.2) is 87.9 Å². The Morgan fingerprint density at radius 3 is 1.88 bits per heavy atom. The quantitative estimate of drug-likeness (QED) is 0.161. The molecule has 1 heterocycles. The summed E-state index contributed by atoms with van der Waals surface area (Å²) in [5.41, 5.74) is -1.47. The maximum Gasteiger partial charge on any atom is 0.380 e. The first-order valence-corrected chi connectivity index (χ1v) is 18.7. The van der Waals surface area contributed by atoms with E-state index in [4.69, 9.17) is 23.4 Å². The van der Waals surface area contributed by atoms with E-state index in [2.05, 4.69) is 20.8 Å². The molecule has 0 saturated carbocycles. The van der Waals surface area contributed by atoms with Crippen molar-refractivity contribution in [3.63, 3.8) is 0 Å². The van der Waals surface area contributed by atoms with Crippen molar-refractivity contribution < 1.29 is 54.8 Å². The van der Waals surface area contributed by atoms with Crippen molar-refractivity contribution in [1.29, 1.82) is 0 Å². The minimum atomic E-state index is -5.92. The largest absolute Gasteiger partial charge is 0.507 e.